The largest absolute Gasteiger partial charge is 0.492 e. The van der Waals surface area contributed by atoms with Gasteiger partial charge in [-0.05, 0) is 48.7 Å². The van der Waals surface area contributed by atoms with Crippen molar-refractivity contribution in [3.05, 3.63) is 58.1 Å². The van der Waals surface area contributed by atoms with E-state index >= 15 is 0 Å². The molecule has 1 heterocycles. The molecule has 0 fully saturated rings. The highest BCUT2D eigenvalue weighted by Crippen LogP contribution is 2.26. The van der Waals surface area contributed by atoms with Crippen LogP contribution in [-0.4, -0.2) is 25.0 Å². The van der Waals surface area contributed by atoms with Gasteiger partial charge in [-0.3, -0.25) is 9.59 Å². The lowest BCUT2D eigenvalue weighted by Crippen LogP contribution is -2.40. The Balaban J connectivity index is 1.51. The number of hydrogen-bond donors (Lipinski definition) is 2. The zero-order chi connectivity index (χ0) is 17.8. The van der Waals surface area contributed by atoms with Crippen molar-refractivity contribution in [2.45, 2.75) is 13.3 Å². The summed E-state index contributed by atoms with van der Waals surface area (Å²) in [5, 5.41) is 5.50. The molecular weight excluding hydrogens is 384 g/mol. The van der Waals surface area contributed by atoms with E-state index in [1.165, 1.54) is 0 Å². The minimum Gasteiger partial charge on any atom is -0.492 e. The molecule has 25 heavy (non-hydrogen) atoms. The molecule has 5 nitrogen and oxygen atoms in total. The van der Waals surface area contributed by atoms with E-state index in [-0.39, 0.29) is 24.3 Å². The van der Waals surface area contributed by atoms with Gasteiger partial charge in [0.15, 0.2) is 0 Å². The van der Waals surface area contributed by atoms with Crippen molar-refractivity contribution in [1.29, 1.82) is 0 Å². The van der Waals surface area contributed by atoms with Crippen molar-refractivity contribution in [2.75, 3.05) is 18.5 Å². The summed E-state index contributed by atoms with van der Waals surface area (Å²) in [5.41, 5.74) is 2.70. The van der Waals surface area contributed by atoms with E-state index in [4.69, 9.17) is 4.74 Å². The van der Waals surface area contributed by atoms with E-state index in [0.29, 0.717) is 13.0 Å². The SMILES string of the molecule is Cc1cc(Br)ccc1NC(=O)CNC(=O)C1COc2ccccc2C1. The van der Waals surface area contributed by atoms with Gasteiger partial charge in [-0.15, -0.1) is 0 Å². The second kappa shape index (κ2) is 7.70. The summed E-state index contributed by atoms with van der Waals surface area (Å²) in [7, 11) is 0. The molecule has 2 amide bonds. The molecule has 1 aliphatic heterocycles. The number of anilines is 1. The maximum Gasteiger partial charge on any atom is 0.243 e. The first-order valence-corrected chi connectivity index (χ1v) is 8.86. The van der Waals surface area contributed by atoms with Crippen LogP contribution in [0.25, 0.3) is 0 Å². The molecule has 0 radical (unpaired) electrons. The van der Waals surface area contributed by atoms with E-state index in [0.717, 1.165) is 27.0 Å². The van der Waals surface area contributed by atoms with E-state index in [1.807, 2.05) is 49.4 Å². The molecule has 2 aromatic rings. The number of carbonyl (C=O) groups is 2. The number of fused-ring (bicyclic) bond motifs is 1. The Hall–Kier alpha value is -2.34. The number of rotatable bonds is 4. The molecule has 1 atom stereocenters. The Morgan fingerprint density at radius 1 is 1.24 bits per heavy atom. The third-order valence-electron chi connectivity index (χ3n) is 4.14. The fraction of sp³-hybridized carbons (Fsp3) is 0.263. The molecular formula is C19H19BrN2O3. The van der Waals surface area contributed by atoms with Gasteiger partial charge in [-0.25, -0.2) is 0 Å². The van der Waals surface area contributed by atoms with Crippen LogP contribution in [0.4, 0.5) is 5.69 Å². The van der Waals surface area contributed by atoms with Gasteiger partial charge in [-0.1, -0.05) is 34.1 Å². The minimum atomic E-state index is -0.280. The zero-order valence-electron chi connectivity index (χ0n) is 13.8. The van der Waals surface area contributed by atoms with Gasteiger partial charge in [-0.2, -0.15) is 0 Å². The van der Waals surface area contributed by atoms with Crippen LogP contribution in [0.15, 0.2) is 46.9 Å². The third-order valence-corrected chi connectivity index (χ3v) is 4.63. The Kier molecular flexibility index (Phi) is 5.38. The van der Waals surface area contributed by atoms with Gasteiger partial charge in [0.2, 0.25) is 11.8 Å². The number of carbonyl (C=O) groups excluding carboxylic acids is 2. The van der Waals surface area contributed by atoms with Crippen LogP contribution in [0.3, 0.4) is 0 Å². The van der Waals surface area contributed by atoms with Crippen LogP contribution in [-0.2, 0) is 16.0 Å². The molecule has 0 aromatic heterocycles. The highest BCUT2D eigenvalue weighted by atomic mass is 79.9. The number of halogens is 1. The summed E-state index contributed by atoms with van der Waals surface area (Å²) in [6.07, 6.45) is 0.620. The summed E-state index contributed by atoms with van der Waals surface area (Å²) >= 11 is 3.39. The van der Waals surface area contributed by atoms with Crippen LogP contribution < -0.4 is 15.4 Å². The lowest BCUT2D eigenvalue weighted by atomic mass is 9.96. The maximum atomic E-state index is 12.3. The summed E-state index contributed by atoms with van der Waals surface area (Å²) in [5.74, 6) is 0.125. The number of amides is 2. The first kappa shape index (κ1) is 17.5. The van der Waals surface area contributed by atoms with Crippen LogP contribution in [0.5, 0.6) is 5.75 Å². The predicted molar refractivity (Wildman–Crippen MR) is 99.6 cm³/mol. The smallest absolute Gasteiger partial charge is 0.243 e. The quantitative estimate of drug-likeness (QED) is 0.825. The van der Waals surface area contributed by atoms with Crippen molar-refractivity contribution >= 4 is 33.4 Å². The number of aryl methyl sites for hydroxylation is 1. The topological polar surface area (TPSA) is 67.4 Å². The lowest BCUT2D eigenvalue weighted by molar-refractivity contribution is -0.128. The zero-order valence-corrected chi connectivity index (χ0v) is 15.4. The van der Waals surface area contributed by atoms with E-state index in [1.54, 1.807) is 0 Å². The average Bonchev–Trinajstić information content (AvgIpc) is 2.61. The van der Waals surface area contributed by atoms with Crippen LogP contribution in [0, 0.1) is 12.8 Å². The van der Waals surface area contributed by atoms with Crippen LogP contribution in [0.1, 0.15) is 11.1 Å². The van der Waals surface area contributed by atoms with Crippen molar-refractivity contribution < 1.29 is 14.3 Å². The van der Waals surface area contributed by atoms with Gasteiger partial charge in [0.25, 0.3) is 0 Å². The highest BCUT2D eigenvalue weighted by Gasteiger charge is 2.25. The summed E-state index contributed by atoms with van der Waals surface area (Å²) in [6, 6.07) is 13.3. The van der Waals surface area contributed by atoms with Gasteiger partial charge in [0, 0.05) is 10.2 Å². The molecule has 1 unspecified atom stereocenters. The maximum absolute atomic E-state index is 12.3. The first-order chi connectivity index (χ1) is 12.0. The molecule has 130 valence electrons. The fourth-order valence-corrected chi connectivity index (χ4v) is 3.25. The predicted octanol–water partition coefficient (Wildman–Crippen LogP) is 3.06. The Bertz CT molecular complexity index is 807. The molecule has 2 N–H and O–H groups in total. The first-order valence-electron chi connectivity index (χ1n) is 8.07. The molecule has 6 heteroatoms. The van der Waals surface area contributed by atoms with Gasteiger partial charge < -0.3 is 15.4 Å². The van der Waals surface area contributed by atoms with E-state index in [9.17, 15) is 9.59 Å². The standard InChI is InChI=1S/C19H19BrN2O3/c1-12-8-15(20)6-7-16(12)22-18(23)10-21-19(24)14-9-13-4-2-3-5-17(13)25-11-14/h2-8,14H,9-11H2,1H3,(H,21,24)(H,22,23). The molecule has 0 spiro atoms. The molecule has 2 aromatic carbocycles. The number of para-hydroxylation sites is 1. The molecule has 0 bridgehead atoms. The Morgan fingerprint density at radius 2 is 2.04 bits per heavy atom. The second-order valence-corrected chi connectivity index (χ2v) is 6.96. The molecule has 0 saturated heterocycles. The number of benzene rings is 2. The van der Waals surface area contributed by atoms with Crippen molar-refractivity contribution in [1.82, 2.24) is 5.32 Å². The van der Waals surface area contributed by atoms with Crippen LogP contribution >= 0.6 is 15.9 Å². The number of nitrogens with one attached hydrogen (secondary N) is 2. The third kappa shape index (κ3) is 4.39. The molecule has 0 saturated carbocycles. The van der Waals surface area contributed by atoms with Gasteiger partial charge >= 0.3 is 0 Å². The normalized spacial score (nSPS) is 15.7. The second-order valence-electron chi connectivity index (χ2n) is 6.04. The van der Waals surface area contributed by atoms with Crippen molar-refractivity contribution in [3.8, 4) is 5.75 Å². The lowest BCUT2D eigenvalue weighted by Gasteiger charge is -2.24. The fourth-order valence-electron chi connectivity index (χ4n) is 2.77. The number of hydrogen-bond acceptors (Lipinski definition) is 3. The van der Waals surface area contributed by atoms with Crippen LogP contribution in [0.2, 0.25) is 0 Å². The molecule has 3 rings (SSSR count). The molecule has 1 aliphatic rings. The summed E-state index contributed by atoms with van der Waals surface area (Å²) < 4.78 is 6.57. The Morgan fingerprint density at radius 3 is 2.84 bits per heavy atom. The minimum absolute atomic E-state index is 0.0630. The van der Waals surface area contributed by atoms with E-state index < -0.39 is 0 Å². The number of ether oxygens (including phenoxy) is 1. The van der Waals surface area contributed by atoms with Crippen molar-refractivity contribution in [3.63, 3.8) is 0 Å². The summed E-state index contributed by atoms with van der Waals surface area (Å²) in [6.45, 7) is 2.18. The average molecular weight is 403 g/mol. The molecule has 0 aliphatic carbocycles. The van der Waals surface area contributed by atoms with Gasteiger partial charge in [0.1, 0.15) is 12.4 Å². The Labute approximate surface area is 154 Å². The van der Waals surface area contributed by atoms with E-state index in [2.05, 4.69) is 26.6 Å². The monoisotopic (exact) mass is 402 g/mol. The summed E-state index contributed by atoms with van der Waals surface area (Å²) in [4.78, 5) is 24.4. The highest BCUT2D eigenvalue weighted by molar-refractivity contribution is 9.10. The van der Waals surface area contributed by atoms with Gasteiger partial charge in [0.05, 0.1) is 12.5 Å². The van der Waals surface area contributed by atoms with Crippen molar-refractivity contribution in [2.24, 2.45) is 5.92 Å².